The lowest BCUT2D eigenvalue weighted by Crippen LogP contribution is -2.42. The molecule has 0 rings (SSSR count). The van der Waals surface area contributed by atoms with E-state index < -0.39 is 15.5 Å². The van der Waals surface area contributed by atoms with Gasteiger partial charge in [0.15, 0.2) is 0 Å². The topological polar surface area (TPSA) is 110 Å². The molecule has 7 nitrogen and oxygen atoms in total. The third-order valence-electron chi connectivity index (χ3n) is 1.01. The van der Waals surface area contributed by atoms with Crippen molar-refractivity contribution in [3.8, 4) is 6.07 Å². The Labute approximate surface area is 60.8 Å². The molecule has 0 aromatic rings. The fourth-order valence-corrected chi connectivity index (χ4v) is 0.343. The van der Waals surface area contributed by atoms with E-state index >= 15 is 0 Å². The van der Waals surface area contributed by atoms with Gasteiger partial charge in [-0.15, -0.1) is 0 Å². The van der Waals surface area contributed by atoms with Crippen LogP contribution >= 0.6 is 0 Å². The third-order valence-corrected chi connectivity index (χ3v) is 1.01. The van der Waals surface area contributed by atoms with E-state index in [0.29, 0.717) is 6.08 Å². The highest BCUT2D eigenvalue weighted by Gasteiger charge is 2.54. The van der Waals surface area contributed by atoms with E-state index in [2.05, 4.69) is 6.58 Å². The molecule has 0 N–H and O–H groups in total. The van der Waals surface area contributed by atoms with Gasteiger partial charge in [0.2, 0.25) is 6.07 Å². The van der Waals surface area contributed by atoms with Crippen LogP contribution in [0.4, 0.5) is 0 Å². The molecule has 0 saturated heterocycles. The fraction of sp³-hybridized carbons (Fsp3) is 0.250. The van der Waals surface area contributed by atoms with Crippen LogP contribution in [0.15, 0.2) is 12.7 Å². The Morgan fingerprint density at radius 1 is 1.45 bits per heavy atom. The molecule has 0 fully saturated rings. The molecule has 0 heterocycles. The van der Waals surface area contributed by atoms with Crippen LogP contribution in [-0.2, 0) is 0 Å². The molecule has 0 aromatic carbocycles. The first-order chi connectivity index (χ1) is 5.01. The summed E-state index contributed by atoms with van der Waals surface area (Å²) in [6, 6.07) is 0.948. The minimum atomic E-state index is -2.90. The summed E-state index contributed by atoms with van der Waals surface area (Å²) in [5.74, 6) is 0. The molecule has 7 heteroatoms. The average Bonchev–Trinajstić information content (AvgIpc) is 1.90. The van der Waals surface area contributed by atoms with Crippen molar-refractivity contribution >= 4 is 0 Å². The summed E-state index contributed by atoms with van der Waals surface area (Å²) in [5.41, 5.74) is -2.90. The molecule has 0 aliphatic heterocycles. The van der Waals surface area contributed by atoms with Crippen molar-refractivity contribution in [1.82, 2.24) is 0 Å². The van der Waals surface area contributed by atoms with Gasteiger partial charge in [-0.3, -0.25) is 20.2 Å². The van der Waals surface area contributed by atoms with E-state index in [1.54, 1.807) is 0 Å². The van der Waals surface area contributed by atoms with E-state index in [-0.39, 0.29) is 0 Å². The maximum Gasteiger partial charge on any atom is 0.563 e. The number of hydrogen-bond acceptors (Lipinski definition) is 5. The van der Waals surface area contributed by atoms with Crippen LogP contribution in [0.1, 0.15) is 0 Å². The van der Waals surface area contributed by atoms with Gasteiger partial charge < -0.3 is 0 Å². The van der Waals surface area contributed by atoms with Crippen molar-refractivity contribution in [2.24, 2.45) is 0 Å². The Bertz CT molecular complexity index is 239. The summed E-state index contributed by atoms with van der Waals surface area (Å²) in [4.78, 5) is 17.4. The number of rotatable bonds is 3. The van der Waals surface area contributed by atoms with Crippen molar-refractivity contribution in [3.05, 3.63) is 32.9 Å². The Hall–Kier alpha value is -1.97. The second kappa shape index (κ2) is 2.74. The first-order valence-electron chi connectivity index (χ1n) is 2.35. The molecule has 0 unspecified atom stereocenters. The second-order valence-electron chi connectivity index (χ2n) is 1.56. The van der Waals surface area contributed by atoms with Gasteiger partial charge in [-0.05, 0) is 0 Å². The molecule has 0 aromatic heterocycles. The monoisotopic (exact) mass is 157 g/mol. The van der Waals surface area contributed by atoms with Crippen LogP contribution in [0.3, 0.4) is 0 Å². The van der Waals surface area contributed by atoms with Gasteiger partial charge in [0, 0.05) is 0 Å². The van der Waals surface area contributed by atoms with Gasteiger partial charge in [-0.2, -0.15) is 5.26 Å². The number of nitro groups is 2. The van der Waals surface area contributed by atoms with E-state index in [4.69, 9.17) is 5.26 Å². The molecule has 0 atom stereocenters. The zero-order valence-corrected chi connectivity index (χ0v) is 5.26. The first-order valence-corrected chi connectivity index (χ1v) is 2.35. The van der Waals surface area contributed by atoms with Crippen LogP contribution < -0.4 is 0 Å². The quantitative estimate of drug-likeness (QED) is 0.246. The standard InChI is InChI=1S/C4H3N3O4/c1-2-4(3-5,6(8)9)7(10)11/h2H,1H2. The number of nitrogens with zero attached hydrogens (tertiary/aromatic N) is 3. The van der Waals surface area contributed by atoms with Crippen molar-refractivity contribution in [2.75, 3.05) is 0 Å². The molecule has 0 saturated carbocycles. The first kappa shape index (κ1) is 9.03. The van der Waals surface area contributed by atoms with E-state index in [9.17, 15) is 20.2 Å². The highest BCUT2D eigenvalue weighted by atomic mass is 16.7. The molecular weight excluding hydrogens is 154 g/mol. The smallest absolute Gasteiger partial charge is 0.257 e. The molecule has 58 valence electrons. The minimum Gasteiger partial charge on any atom is -0.257 e. The predicted molar refractivity (Wildman–Crippen MR) is 32.5 cm³/mol. The summed E-state index contributed by atoms with van der Waals surface area (Å²) in [6.07, 6.45) is 0.382. The SMILES string of the molecule is C=CC(C#N)([N+](=O)[O-])[N+](=O)[O-]. The lowest BCUT2D eigenvalue weighted by molar-refractivity contribution is -0.762. The Kier molecular flexibility index (Phi) is 2.25. The van der Waals surface area contributed by atoms with Gasteiger partial charge in [0.1, 0.15) is 9.85 Å². The summed E-state index contributed by atoms with van der Waals surface area (Å²) in [7, 11) is 0. The molecule has 0 bridgehead atoms. The maximum atomic E-state index is 10.00. The van der Waals surface area contributed by atoms with Gasteiger partial charge in [-0.25, -0.2) is 0 Å². The molecular formula is C4H3N3O4. The van der Waals surface area contributed by atoms with Crippen LogP contribution in [0.2, 0.25) is 0 Å². The maximum absolute atomic E-state index is 10.00. The summed E-state index contributed by atoms with van der Waals surface area (Å²) >= 11 is 0. The molecule has 0 aliphatic carbocycles. The normalized spacial score (nSPS) is 9.73. The van der Waals surface area contributed by atoms with Crippen LogP contribution in [0.25, 0.3) is 0 Å². The number of hydrogen-bond donors (Lipinski definition) is 0. The predicted octanol–water partition coefficient (Wildman–Crippen LogP) is -0.0543. The summed E-state index contributed by atoms with van der Waals surface area (Å²) in [6.45, 7) is 2.84. The Morgan fingerprint density at radius 3 is 1.82 bits per heavy atom. The van der Waals surface area contributed by atoms with Crippen molar-refractivity contribution < 1.29 is 9.85 Å². The average molecular weight is 157 g/mol. The molecule has 0 spiro atoms. The van der Waals surface area contributed by atoms with Gasteiger partial charge in [0.25, 0.3) is 0 Å². The lowest BCUT2D eigenvalue weighted by Gasteiger charge is -2.02. The zero-order valence-electron chi connectivity index (χ0n) is 5.26. The van der Waals surface area contributed by atoms with Crippen LogP contribution in [-0.4, -0.2) is 15.5 Å². The molecule has 11 heavy (non-hydrogen) atoms. The summed E-state index contributed by atoms with van der Waals surface area (Å²) in [5, 5.41) is 28.1. The zero-order chi connectivity index (χ0) is 9.07. The second-order valence-corrected chi connectivity index (χ2v) is 1.56. The van der Waals surface area contributed by atoms with Crippen LogP contribution in [0, 0.1) is 31.6 Å². The van der Waals surface area contributed by atoms with E-state index in [1.165, 1.54) is 0 Å². The Morgan fingerprint density at radius 2 is 1.82 bits per heavy atom. The summed E-state index contributed by atoms with van der Waals surface area (Å²) < 4.78 is 0. The van der Waals surface area contributed by atoms with Gasteiger partial charge >= 0.3 is 5.66 Å². The lowest BCUT2D eigenvalue weighted by atomic mass is 10.2. The Balaban J connectivity index is 5.13. The minimum absolute atomic E-state index is 0.382. The van der Waals surface area contributed by atoms with Crippen molar-refractivity contribution in [2.45, 2.75) is 5.66 Å². The third kappa shape index (κ3) is 1.14. The largest absolute Gasteiger partial charge is 0.563 e. The van der Waals surface area contributed by atoms with Gasteiger partial charge in [-0.1, -0.05) is 6.58 Å². The van der Waals surface area contributed by atoms with E-state index in [0.717, 1.165) is 6.07 Å². The molecule has 0 radical (unpaired) electrons. The van der Waals surface area contributed by atoms with Crippen molar-refractivity contribution in [3.63, 3.8) is 0 Å². The number of nitriles is 1. The van der Waals surface area contributed by atoms with Gasteiger partial charge in [0.05, 0.1) is 6.08 Å². The van der Waals surface area contributed by atoms with Crippen molar-refractivity contribution in [1.29, 1.82) is 5.26 Å². The molecule has 0 aliphatic rings. The highest BCUT2D eigenvalue weighted by Crippen LogP contribution is 2.09. The van der Waals surface area contributed by atoms with E-state index in [1.807, 2.05) is 0 Å². The highest BCUT2D eigenvalue weighted by molar-refractivity contribution is 5.04. The van der Waals surface area contributed by atoms with Crippen LogP contribution in [0.5, 0.6) is 0 Å². The molecule has 0 amide bonds. The fourth-order valence-electron chi connectivity index (χ4n) is 0.343.